The van der Waals surface area contributed by atoms with Gasteiger partial charge in [-0.25, -0.2) is 0 Å². The Morgan fingerprint density at radius 2 is 1.75 bits per heavy atom. The van der Waals surface area contributed by atoms with Gasteiger partial charge in [0.05, 0.1) is 21.0 Å². The Morgan fingerprint density at radius 1 is 1.00 bits per heavy atom. The summed E-state index contributed by atoms with van der Waals surface area (Å²) in [5, 5.41) is 1.30. The fourth-order valence-corrected chi connectivity index (χ4v) is 3.21. The first kappa shape index (κ1) is 13.8. The number of benzene rings is 2. The highest BCUT2D eigenvalue weighted by Crippen LogP contribution is 2.36. The second-order valence-electron chi connectivity index (χ2n) is 4.77. The van der Waals surface area contributed by atoms with Gasteiger partial charge < -0.3 is 0 Å². The molecular weight excluding hydrogens is 311 g/mol. The Kier molecular flexibility index (Phi) is 3.94. The van der Waals surface area contributed by atoms with E-state index in [4.69, 9.17) is 34.8 Å². The minimum Gasteiger partial charge on any atom is -0.118 e. The Hall–Kier alpha value is -1.13. The first-order valence-electron chi connectivity index (χ1n) is 6.38. The maximum Gasteiger partial charge on any atom is 0.0621 e. The number of hydrogen-bond acceptors (Lipinski definition) is 0. The van der Waals surface area contributed by atoms with E-state index < -0.39 is 0 Å². The number of rotatable bonds is 0. The molecule has 100 valence electrons. The molecule has 20 heavy (non-hydrogen) atoms. The van der Waals surface area contributed by atoms with Gasteiger partial charge in [-0.1, -0.05) is 47.2 Å². The third-order valence-electron chi connectivity index (χ3n) is 3.44. The van der Waals surface area contributed by atoms with Crippen LogP contribution in [-0.2, 0) is 6.42 Å². The molecular formula is C17H11Cl3. The van der Waals surface area contributed by atoms with E-state index in [1.807, 2.05) is 12.1 Å². The lowest BCUT2D eigenvalue weighted by Crippen LogP contribution is -1.86. The summed E-state index contributed by atoms with van der Waals surface area (Å²) in [5.41, 5.74) is 4.16. The molecule has 0 heterocycles. The topological polar surface area (TPSA) is 0 Å². The lowest BCUT2D eigenvalue weighted by molar-refractivity contribution is 0.882. The van der Waals surface area contributed by atoms with E-state index in [-0.39, 0.29) is 5.38 Å². The van der Waals surface area contributed by atoms with Crippen LogP contribution in [0.2, 0.25) is 10.0 Å². The van der Waals surface area contributed by atoms with Gasteiger partial charge in [0.2, 0.25) is 0 Å². The highest BCUT2D eigenvalue weighted by Gasteiger charge is 2.19. The van der Waals surface area contributed by atoms with Crippen LogP contribution < -0.4 is 0 Å². The molecule has 1 unspecified atom stereocenters. The van der Waals surface area contributed by atoms with E-state index in [0.717, 1.165) is 18.4 Å². The van der Waals surface area contributed by atoms with Crippen LogP contribution >= 0.6 is 34.8 Å². The number of alkyl halides is 1. The predicted molar refractivity (Wildman–Crippen MR) is 85.8 cm³/mol. The summed E-state index contributed by atoms with van der Waals surface area (Å²) in [5.74, 6) is 6.18. The molecule has 3 heteroatoms. The molecule has 1 aliphatic rings. The van der Waals surface area contributed by atoms with E-state index in [9.17, 15) is 0 Å². The van der Waals surface area contributed by atoms with Crippen molar-refractivity contribution >= 4 is 34.8 Å². The minimum absolute atomic E-state index is 0.144. The van der Waals surface area contributed by atoms with Crippen LogP contribution in [0, 0.1) is 11.8 Å². The monoisotopic (exact) mass is 320 g/mol. The first-order chi connectivity index (χ1) is 9.65. The molecule has 0 fully saturated rings. The van der Waals surface area contributed by atoms with Gasteiger partial charge in [0.25, 0.3) is 0 Å². The average molecular weight is 322 g/mol. The molecule has 0 radical (unpaired) electrons. The van der Waals surface area contributed by atoms with Crippen LogP contribution in [0.15, 0.2) is 36.4 Å². The summed E-state index contributed by atoms with van der Waals surface area (Å²) in [6.45, 7) is 0. The van der Waals surface area contributed by atoms with Crippen LogP contribution in [0.25, 0.3) is 0 Å². The summed E-state index contributed by atoms with van der Waals surface area (Å²) in [6.07, 6.45) is 2.02. The summed E-state index contributed by atoms with van der Waals surface area (Å²) >= 11 is 18.4. The molecule has 2 aromatic rings. The SMILES string of the molecule is Clc1cccc(Cl)c1C#Cc1ccc2c(c1)CCC2Cl. The lowest BCUT2D eigenvalue weighted by Gasteiger charge is -2.02. The molecule has 0 nitrogen and oxygen atoms in total. The molecule has 0 aromatic heterocycles. The summed E-state index contributed by atoms with van der Waals surface area (Å²) in [7, 11) is 0. The number of hydrogen-bond donors (Lipinski definition) is 0. The van der Waals surface area contributed by atoms with Crippen molar-refractivity contribution in [3.05, 3.63) is 68.7 Å². The second kappa shape index (κ2) is 5.70. The molecule has 0 bridgehead atoms. The zero-order valence-corrected chi connectivity index (χ0v) is 12.9. The van der Waals surface area contributed by atoms with Gasteiger partial charge in [-0.3, -0.25) is 0 Å². The van der Waals surface area contributed by atoms with Crippen LogP contribution in [0.5, 0.6) is 0 Å². The Bertz CT molecular complexity index is 702. The van der Waals surface area contributed by atoms with Gasteiger partial charge in [0, 0.05) is 5.56 Å². The maximum absolute atomic E-state index is 6.24. The van der Waals surface area contributed by atoms with E-state index in [1.165, 1.54) is 11.1 Å². The zero-order chi connectivity index (χ0) is 14.1. The van der Waals surface area contributed by atoms with Crippen LogP contribution in [0.3, 0.4) is 0 Å². The van der Waals surface area contributed by atoms with E-state index in [0.29, 0.717) is 15.6 Å². The number of fused-ring (bicyclic) bond motifs is 1. The van der Waals surface area contributed by atoms with Crippen molar-refractivity contribution in [2.24, 2.45) is 0 Å². The van der Waals surface area contributed by atoms with Gasteiger partial charge in [0.1, 0.15) is 0 Å². The second-order valence-corrected chi connectivity index (χ2v) is 6.11. The molecule has 0 saturated carbocycles. The van der Waals surface area contributed by atoms with Crippen molar-refractivity contribution in [3.8, 4) is 11.8 Å². The lowest BCUT2D eigenvalue weighted by atomic mass is 10.1. The highest BCUT2D eigenvalue weighted by molar-refractivity contribution is 6.36. The molecule has 1 atom stereocenters. The molecule has 0 aliphatic heterocycles. The summed E-state index contributed by atoms with van der Waals surface area (Å²) < 4.78 is 0. The van der Waals surface area contributed by atoms with Crippen molar-refractivity contribution < 1.29 is 0 Å². The molecule has 0 saturated heterocycles. The Morgan fingerprint density at radius 3 is 2.50 bits per heavy atom. The smallest absolute Gasteiger partial charge is 0.0621 e. The fraction of sp³-hybridized carbons (Fsp3) is 0.176. The third kappa shape index (κ3) is 2.67. The van der Waals surface area contributed by atoms with Gasteiger partial charge in [-0.2, -0.15) is 0 Å². The summed E-state index contributed by atoms with van der Waals surface area (Å²) in [4.78, 5) is 0. The zero-order valence-electron chi connectivity index (χ0n) is 10.6. The molecule has 0 N–H and O–H groups in total. The van der Waals surface area contributed by atoms with Crippen molar-refractivity contribution in [1.82, 2.24) is 0 Å². The first-order valence-corrected chi connectivity index (χ1v) is 7.57. The molecule has 3 rings (SSSR count). The average Bonchev–Trinajstić information content (AvgIpc) is 2.79. The van der Waals surface area contributed by atoms with Crippen LogP contribution in [0.4, 0.5) is 0 Å². The molecule has 0 spiro atoms. The Balaban J connectivity index is 1.95. The van der Waals surface area contributed by atoms with Gasteiger partial charge in [-0.05, 0) is 48.2 Å². The minimum atomic E-state index is 0.144. The van der Waals surface area contributed by atoms with E-state index in [2.05, 4.69) is 24.0 Å². The van der Waals surface area contributed by atoms with Crippen LogP contribution in [0.1, 0.15) is 34.1 Å². The molecule has 1 aliphatic carbocycles. The van der Waals surface area contributed by atoms with E-state index in [1.54, 1.807) is 12.1 Å². The van der Waals surface area contributed by atoms with Crippen molar-refractivity contribution in [1.29, 1.82) is 0 Å². The van der Waals surface area contributed by atoms with Crippen molar-refractivity contribution in [2.45, 2.75) is 18.2 Å². The standard InChI is InChI=1S/C17H11Cl3/c18-15-2-1-3-16(19)14(15)8-5-11-4-7-13-12(10-11)6-9-17(13)20/h1-4,7,10,17H,6,9H2. The number of aryl methyl sites for hydroxylation is 1. The van der Waals surface area contributed by atoms with Crippen molar-refractivity contribution in [3.63, 3.8) is 0 Å². The third-order valence-corrected chi connectivity index (χ3v) is 4.53. The number of halogens is 3. The summed E-state index contributed by atoms with van der Waals surface area (Å²) in [6, 6.07) is 11.6. The quantitative estimate of drug-likeness (QED) is 0.436. The Labute approximate surface area is 133 Å². The van der Waals surface area contributed by atoms with Crippen molar-refractivity contribution in [2.75, 3.05) is 0 Å². The normalized spacial score (nSPS) is 16.4. The largest absolute Gasteiger partial charge is 0.118 e. The predicted octanol–water partition coefficient (Wildman–Crippen LogP) is 5.62. The van der Waals surface area contributed by atoms with Gasteiger partial charge in [-0.15, -0.1) is 11.6 Å². The van der Waals surface area contributed by atoms with Gasteiger partial charge >= 0.3 is 0 Å². The molecule has 0 amide bonds. The van der Waals surface area contributed by atoms with Gasteiger partial charge in [0.15, 0.2) is 0 Å². The van der Waals surface area contributed by atoms with Crippen LogP contribution in [-0.4, -0.2) is 0 Å². The maximum atomic E-state index is 6.24. The highest BCUT2D eigenvalue weighted by atomic mass is 35.5. The fourth-order valence-electron chi connectivity index (χ4n) is 2.40. The molecule has 2 aromatic carbocycles. The van der Waals surface area contributed by atoms with E-state index >= 15 is 0 Å².